The van der Waals surface area contributed by atoms with Crippen LogP contribution < -0.4 is 0 Å². The molecular weight excluding hydrogens is 255 g/mol. The molecule has 0 amide bonds. The molecule has 0 aliphatic carbocycles. The van der Waals surface area contributed by atoms with E-state index in [1.165, 1.54) is 0 Å². The molecule has 1 fully saturated rings. The van der Waals surface area contributed by atoms with E-state index >= 15 is 0 Å². The minimum Gasteiger partial charge on any atom is -0.309 e. The van der Waals surface area contributed by atoms with Crippen molar-refractivity contribution in [3.8, 4) is 0 Å². The molecule has 1 aliphatic heterocycles. The van der Waals surface area contributed by atoms with Crippen molar-refractivity contribution in [1.82, 2.24) is 0 Å². The van der Waals surface area contributed by atoms with E-state index in [1.807, 2.05) is 44.2 Å². The Morgan fingerprint density at radius 3 is 2.71 bits per heavy atom. The van der Waals surface area contributed by atoms with E-state index in [2.05, 4.69) is 0 Å². The molecular formula is C12H17O3PS. The monoisotopic (exact) mass is 272 g/mol. The third-order valence-electron chi connectivity index (χ3n) is 2.54. The van der Waals surface area contributed by atoms with Gasteiger partial charge in [0.15, 0.2) is 0 Å². The molecule has 0 bridgehead atoms. The largest absolute Gasteiger partial charge is 0.328 e. The fourth-order valence-electron chi connectivity index (χ4n) is 1.57. The lowest BCUT2D eigenvalue weighted by molar-refractivity contribution is 0.00266. The van der Waals surface area contributed by atoms with Crippen LogP contribution >= 0.6 is 6.72 Å². The van der Waals surface area contributed by atoms with Gasteiger partial charge in [0.05, 0.1) is 18.8 Å². The molecule has 1 aromatic carbocycles. The van der Waals surface area contributed by atoms with Crippen molar-refractivity contribution in [3.63, 3.8) is 0 Å². The first-order chi connectivity index (χ1) is 7.99. The van der Waals surface area contributed by atoms with E-state index in [-0.39, 0.29) is 5.60 Å². The summed E-state index contributed by atoms with van der Waals surface area (Å²) in [7, 11) is 0. The molecule has 3 nitrogen and oxygen atoms in total. The lowest BCUT2D eigenvalue weighted by Gasteiger charge is -2.36. The Morgan fingerprint density at radius 1 is 1.35 bits per heavy atom. The van der Waals surface area contributed by atoms with Crippen LogP contribution in [0, 0.1) is 0 Å². The van der Waals surface area contributed by atoms with Crippen LogP contribution in [0.15, 0.2) is 30.3 Å². The van der Waals surface area contributed by atoms with Gasteiger partial charge < -0.3 is 13.6 Å². The minimum atomic E-state index is -2.57. The van der Waals surface area contributed by atoms with E-state index in [0.717, 1.165) is 12.0 Å². The van der Waals surface area contributed by atoms with Crippen LogP contribution in [0.5, 0.6) is 0 Å². The van der Waals surface area contributed by atoms with E-state index in [1.54, 1.807) is 0 Å². The van der Waals surface area contributed by atoms with Gasteiger partial charge in [-0.25, -0.2) is 0 Å². The number of hydrogen-bond acceptors (Lipinski definition) is 4. The fraction of sp³-hybridized carbons (Fsp3) is 0.500. The van der Waals surface area contributed by atoms with Crippen molar-refractivity contribution in [2.45, 2.75) is 32.5 Å². The second-order valence-corrected chi connectivity index (χ2v) is 7.58. The fourth-order valence-corrected chi connectivity index (χ4v) is 4.06. The van der Waals surface area contributed by atoms with E-state index in [9.17, 15) is 0 Å². The van der Waals surface area contributed by atoms with Gasteiger partial charge in [0.1, 0.15) is 0 Å². The van der Waals surface area contributed by atoms with E-state index in [4.69, 9.17) is 25.4 Å². The summed E-state index contributed by atoms with van der Waals surface area (Å²) < 4.78 is 16.9. The number of rotatable bonds is 3. The van der Waals surface area contributed by atoms with Crippen LogP contribution in [-0.2, 0) is 32.0 Å². The third-order valence-corrected chi connectivity index (χ3v) is 5.06. The average Bonchev–Trinajstić information content (AvgIpc) is 2.26. The Kier molecular flexibility index (Phi) is 4.01. The lowest BCUT2D eigenvalue weighted by Crippen LogP contribution is -2.30. The van der Waals surface area contributed by atoms with Gasteiger partial charge in [-0.2, -0.15) is 0 Å². The molecule has 1 atom stereocenters. The Balaban J connectivity index is 1.96. The average molecular weight is 272 g/mol. The van der Waals surface area contributed by atoms with Crippen LogP contribution in [0.1, 0.15) is 25.8 Å². The Hall–Kier alpha value is -0.250. The summed E-state index contributed by atoms with van der Waals surface area (Å²) in [5.41, 5.74) is 0.831. The normalized spacial score (nSPS) is 27.9. The molecule has 1 saturated heterocycles. The highest BCUT2D eigenvalue weighted by Gasteiger charge is 2.35. The molecule has 5 heteroatoms. The Bertz CT molecular complexity index is 419. The SMILES string of the molecule is CC1(C)CCOP(=S)(OCc2ccccc2)O1. The standard InChI is InChI=1S/C12H17O3PS/c1-12(2)8-9-13-16(17,15-12)14-10-11-6-4-3-5-7-11/h3-7H,8-10H2,1-2H3. The molecule has 0 saturated carbocycles. The maximum absolute atomic E-state index is 5.76. The zero-order valence-electron chi connectivity index (χ0n) is 10.1. The molecule has 2 rings (SSSR count). The van der Waals surface area contributed by atoms with Gasteiger partial charge in [-0.3, -0.25) is 0 Å². The highest BCUT2D eigenvalue weighted by Crippen LogP contribution is 2.57. The van der Waals surface area contributed by atoms with Gasteiger partial charge in [-0.15, -0.1) is 0 Å². The number of hydrogen-bond donors (Lipinski definition) is 0. The second kappa shape index (κ2) is 5.17. The Labute approximate surface area is 107 Å². The first kappa shape index (κ1) is 13.2. The zero-order valence-corrected chi connectivity index (χ0v) is 11.8. The summed E-state index contributed by atoms with van der Waals surface area (Å²) in [5.74, 6) is 0. The summed E-state index contributed by atoms with van der Waals surface area (Å²) in [6.07, 6.45) is 0.847. The first-order valence-corrected chi connectivity index (χ1v) is 8.19. The zero-order chi connectivity index (χ0) is 12.4. The van der Waals surface area contributed by atoms with Crippen molar-refractivity contribution in [2.75, 3.05) is 6.61 Å². The maximum atomic E-state index is 5.76. The minimum absolute atomic E-state index is 0.246. The highest BCUT2D eigenvalue weighted by molar-refractivity contribution is 8.07. The van der Waals surface area contributed by atoms with Crippen molar-refractivity contribution in [2.24, 2.45) is 0 Å². The molecule has 1 aromatic rings. The smallest absolute Gasteiger partial charge is 0.309 e. The number of benzene rings is 1. The van der Waals surface area contributed by atoms with Crippen molar-refractivity contribution in [3.05, 3.63) is 35.9 Å². The summed E-state index contributed by atoms with van der Waals surface area (Å²) in [4.78, 5) is 0. The van der Waals surface area contributed by atoms with Gasteiger partial charge >= 0.3 is 6.72 Å². The molecule has 0 radical (unpaired) electrons. The first-order valence-electron chi connectivity index (χ1n) is 5.63. The molecule has 0 aromatic heterocycles. The van der Waals surface area contributed by atoms with Crippen LogP contribution in [0.4, 0.5) is 0 Å². The maximum Gasteiger partial charge on any atom is 0.328 e. The van der Waals surface area contributed by atoms with E-state index < -0.39 is 6.72 Å². The van der Waals surface area contributed by atoms with Crippen molar-refractivity contribution in [1.29, 1.82) is 0 Å². The third kappa shape index (κ3) is 3.87. The second-order valence-electron chi connectivity index (χ2n) is 4.64. The molecule has 1 heterocycles. The summed E-state index contributed by atoms with van der Waals surface area (Å²) >= 11 is 5.35. The molecule has 1 unspecified atom stereocenters. The lowest BCUT2D eigenvalue weighted by atomic mass is 10.1. The van der Waals surface area contributed by atoms with Crippen LogP contribution in [-0.4, -0.2) is 12.2 Å². The van der Waals surface area contributed by atoms with Crippen LogP contribution in [0.3, 0.4) is 0 Å². The van der Waals surface area contributed by atoms with E-state index in [0.29, 0.717) is 13.2 Å². The van der Waals surface area contributed by atoms with Crippen molar-refractivity contribution < 1.29 is 13.6 Å². The van der Waals surface area contributed by atoms with Gasteiger partial charge in [-0.05, 0) is 31.2 Å². The summed E-state index contributed by atoms with van der Waals surface area (Å²) in [6.45, 7) is 2.51. The molecule has 17 heavy (non-hydrogen) atoms. The van der Waals surface area contributed by atoms with Gasteiger partial charge in [0.2, 0.25) is 0 Å². The molecule has 0 spiro atoms. The van der Waals surface area contributed by atoms with Gasteiger partial charge in [0, 0.05) is 6.42 Å². The van der Waals surface area contributed by atoms with Gasteiger partial charge in [0.25, 0.3) is 0 Å². The topological polar surface area (TPSA) is 27.7 Å². The van der Waals surface area contributed by atoms with Gasteiger partial charge in [-0.1, -0.05) is 30.3 Å². The summed E-state index contributed by atoms with van der Waals surface area (Å²) in [5, 5.41) is 0. The quantitative estimate of drug-likeness (QED) is 0.785. The van der Waals surface area contributed by atoms with Crippen LogP contribution in [0.25, 0.3) is 0 Å². The molecule has 1 aliphatic rings. The highest BCUT2D eigenvalue weighted by atomic mass is 32.5. The van der Waals surface area contributed by atoms with Crippen molar-refractivity contribution >= 4 is 18.5 Å². The van der Waals surface area contributed by atoms with Crippen LogP contribution in [0.2, 0.25) is 0 Å². The Morgan fingerprint density at radius 2 is 2.06 bits per heavy atom. The predicted octanol–water partition coefficient (Wildman–Crippen LogP) is 3.64. The molecule has 94 valence electrons. The molecule has 0 N–H and O–H groups in total. The summed E-state index contributed by atoms with van der Waals surface area (Å²) in [6, 6.07) is 9.91. The predicted molar refractivity (Wildman–Crippen MR) is 71.2 cm³/mol.